The summed E-state index contributed by atoms with van der Waals surface area (Å²) in [5.41, 5.74) is 8.33. The van der Waals surface area contributed by atoms with E-state index in [9.17, 15) is 0 Å². The summed E-state index contributed by atoms with van der Waals surface area (Å²) in [4.78, 5) is 0. The fourth-order valence-electron chi connectivity index (χ4n) is 5.71. The van der Waals surface area contributed by atoms with Crippen LogP contribution in [0.15, 0.2) is 59.7 Å². The van der Waals surface area contributed by atoms with Crippen LogP contribution in [-0.4, -0.2) is 8.07 Å². The molecule has 0 saturated carbocycles. The second-order valence-corrected chi connectivity index (χ2v) is 14.7. The molecule has 2 aliphatic carbocycles. The molecule has 0 spiro atoms. The summed E-state index contributed by atoms with van der Waals surface area (Å²) in [6.45, 7) is 9.61. The van der Waals surface area contributed by atoms with Crippen LogP contribution in [0, 0.1) is 0 Å². The summed E-state index contributed by atoms with van der Waals surface area (Å²) in [7, 11) is -2.06. The molecule has 2 unspecified atom stereocenters. The minimum atomic E-state index is -2.06. The van der Waals surface area contributed by atoms with E-state index >= 15 is 0 Å². The molecule has 0 aliphatic heterocycles. The molecule has 0 radical (unpaired) electrons. The van der Waals surface area contributed by atoms with Gasteiger partial charge in [0, 0.05) is 0 Å². The Balaban J connectivity index is 1.94. The van der Waals surface area contributed by atoms with E-state index < -0.39 is 8.07 Å². The first-order chi connectivity index (χ1) is 14.9. The Bertz CT molecular complexity index is 949. The van der Waals surface area contributed by atoms with Crippen LogP contribution >= 0.6 is 23.2 Å². The van der Waals surface area contributed by atoms with Crippen molar-refractivity contribution < 1.29 is 0 Å². The van der Waals surface area contributed by atoms with Crippen molar-refractivity contribution in [2.45, 2.75) is 76.2 Å². The van der Waals surface area contributed by atoms with Gasteiger partial charge in [-0.2, -0.15) is 0 Å². The molecule has 0 fully saturated rings. The van der Waals surface area contributed by atoms with Crippen molar-refractivity contribution in [3.63, 3.8) is 0 Å². The molecule has 4 rings (SSSR count). The van der Waals surface area contributed by atoms with Gasteiger partial charge < -0.3 is 0 Å². The summed E-state index contributed by atoms with van der Waals surface area (Å²) in [6.07, 6.45) is 6.95. The van der Waals surface area contributed by atoms with Crippen LogP contribution in [0.3, 0.4) is 0 Å². The van der Waals surface area contributed by atoms with Crippen molar-refractivity contribution in [2.75, 3.05) is 0 Å². The maximum Gasteiger partial charge on any atom is 0.113 e. The van der Waals surface area contributed by atoms with Crippen molar-refractivity contribution >= 4 is 41.7 Å². The van der Waals surface area contributed by atoms with Gasteiger partial charge in [0.25, 0.3) is 0 Å². The lowest BCUT2D eigenvalue weighted by atomic mass is 10.1. The molecule has 0 amide bonds. The van der Waals surface area contributed by atoms with Crippen LogP contribution in [0.1, 0.15) is 85.4 Å². The van der Waals surface area contributed by atoms with E-state index in [1.54, 1.807) is 10.4 Å². The standard InChI is InChI=1S/C28H34Cl2Si/c1-5-7-13-23-25(29)19-15-9-11-17-21(19)27(23)31(3,4)28-22-18-12-10-16-20(22)26(30)24(28)14-8-6-2/h9-12,15-18,25-26H,5-8,13-14H2,1-4H3. The molecule has 3 heteroatoms. The highest BCUT2D eigenvalue weighted by Crippen LogP contribution is 2.56. The molecule has 164 valence electrons. The second kappa shape index (κ2) is 9.30. The summed E-state index contributed by atoms with van der Waals surface area (Å²) in [5.74, 6) is 0. The zero-order valence-corrected chi connectivity index (χ0v) is 21.8. The van der Waals surface area contributed by atoms with Crippen LogP contribution < -0.4 is 0 Å². The predicted molar refractivity (Wildman–Crippen MR) is 140 cm³/mol. The molecule has 2 atom stereocenters. The first kappa shape index (κ1) is 22.9. The number of alkyl halides is 2. The quantitative estimate of drug-likeness (QED) is 0.267. The maximum atomic E-state index is 7.12. The van der Waals surface area contributed by atoms with Gasteiger partial charge >= 0.3 is 0 Å². The van der Waals surface area contributed by atoms with Gasteiger partial charge in [0.15, 0.2) is 0 Å². The van der Waals surface area contributed by atoms with Gasteiger partial charge in [0.2, 0.25) is 0 Å². The lowest BCUT2D eigenvalue weighted by Crippen LogP contribution is -2.31. The zero-order chi connectivity index (χ0) is 22.2. The van der Waals surface area contributed by atoms with Crippen LogP contribution in [0.4, 0.5) is 0 Å². The van der Waals surface area contributed by atoms with Gasteiger partial charge in [-0.3, -0.25) is 0 Å². The van der Waals surface area contributed by atoms with Crippen molar-refractivity contribution in [1.29, 1.82) is 0 Å². The van der Waals surface area contributed by atoms with Gasteiger partial charge in [-0.1, -0.05) is 88.3 Å². The van der Waals surface area contributed by atoms with Crippen molar-refractivity contribution in [1.82, 2.24) is 0 Å². The van der Waals surface area contributed by atoms with Gasteiger partial charge in [-0.15, -0.1) is 23.2 Å². The van der Waals surface area contributed by atoms with E-state index in [0.29, 0.717) is 0 Å². The number of benzene rings is 2. The van der Waals surface area contributed by atoms with Crippen LogP contribution in [0.2, 0.25) is 13.1 Å². The van der Waals surface area contributed by atoms with E-state index in [-0.39, 0.29) is 10.8 Å². The first-order valence-corrected chi connectivity index (χ1v) is 15.7. The number of rotatable bonds is 8. The van der Waals surface area contributed by atoms with Gasteiger partial charge in [-0.25, -0.2) is 0 Å². The average molecular weight is 470 g/mol. The minimum absolute atomic E-state index is 0.00709. The molecular formula is C28H34Cl2Si. The Labute approximate surface area is 199 Å². The molecule has 0 saturated heterocycles. The molecular weight excluding hydrogens is 435 g/mol. The third-order valence-electron chi connectivity index (χ3n) is 7.11. The Hall–Kier alpha value is -1.28. The Morgan fingerprint density at radius 2 is 1.06 bits per heavy atom. The highest BCUT2D eigenvalue weighted by molar-refractivity contribution is 7.09. The number of hydrogen-bond acceptors (Lipinski definition) is 0. The second-order valence-electron chi connectivity index (χ2n) is 9.53. The fraction of sp³-hybridized carbons (Fsp3) is 0.429. The molecule has 2 aromatic rings. The van der Waals surface area contributed by atoms with Gasteiger partial charge in [-0.05, 0) is 69.5 Å². The van der Waals surface area contributed by atoms with Crippen LogP contribution in [0.5, 0.6) is 0 Å². The summed E-state index contributed by atoms with van der Waals surface area (Å²) < 4.78 is 0. The largest absolute Gasteiger partial charge is 0.113 e. The minimum Gasteiger partial charge on any atom is -0.113 e. The van der Waals surface area contributed by atoms with Crippen molar-refractivity contribution in [3.05, 3.63) is 81.9 Å². The van der Waals surface area contributed by atoms with Crippen molar-refractivity contribution in [2.24, 2.45) is 0 Å². The molecule has 0 heterocycles. The number of hydrogen-bond donors (Lipinski definition) is 0. The molecule has 0 nitrogen and oxygen atoms in total. The molecule has 0 bridgehead atoms. The zero-order valence-electron chi connectivity index (χ0n) is 19.3. The monoisotopic (exact) mass is 468 g/mol. The third kappa shape index (κ3) is 3.88. The maximum absolute atomic E-state index is 7.12. The number of unbranched alkanes of at least 4 members (excludes halogenated alkanes) is 2. The Kier molecular flexibility index (Phi) is 6.86. The molecule has 31 heavy (non-hydrogen) atoms. The smallest absolute Gasteiger partial charge is 0.113 e. The molecule has 2 aromatic carbocycles. The molecule has 2 aliphatic rings. The summed E-state index contributed by atoms with van der Waals surface area (Å²) in [5, 5.41) is 3.16. The van der Waals surface area contributed by atoms with Gasteiger partial charge in [0.05, 0.1) is 10.8 Å². The normalized spacial score (nSPS) is 20.5. The van der Waals surface area contributed by atoms with Crippen LogP contribution in [-0.2, 0) is 0 Å². The Morgan fingerprint density at radius 1 is 0.677 bits per heavy atom. The van der Waals surface area contributed by atoms with Crippen molar-refractivity contribution in [3.8, 4) is 0 Å². The summed E-state index contributed by atoms with van der Waals surface area (Å²) in [6, 6.07) is 17.7. The lowest BCUT2D eigenvalue weighted by Gasteiger charge is -2.31. The number of allylic oxidation sites excluding steroid dienone is 2. The highest BCUT2D eigenvalue weighted by atomic mass is 35.5. The van der Waals surface area contributed by atoms with E-state index in [2.05, 4.69) is 75.5 Å². The van der Waals surface area contributed by atoms with Gasteiger partial charge in [0.1, 0.15) is 8.07 Å². The molecule has 0 aromatic heterocycles. The highest BCUT2D eigenvalue weighted by Gasteiger charge is 2.45. The van der Waals surface area contributed by atoms with Crippen LogP contribution in [0.25, 0.3) is 10.4 Å². The number of halogens is 2. The van der Waals surface area contributed by atoms with E-state index in [1.165, 1.54) is 59.1 Å². The first-order valence-electron chi connectivity index (χ1n) is 11.9. The lowest BCUT2D eigenvalue weighted by molar-refractivity contribution is 0.773. The third-order valence-corrected chi connectivity index (χ3v) is 11.8. The number of fused-ring (bicyclic) bond motifs is 2. The van der Waals surface area contributed by atoms with E-state index in [4.69, 9.17) is 23.2 Å². The Morgan fingerprint density at radius 3 is 1.45 bits per heavy atom. The SMILES string of the molecule is CCCCC1=C([Si](C)(C)C2=C(CCCC)C(Cl)c3ccccc32)c2ccccc2C1Cl. The van der Waals surface area contributed by atoms with E-state index in [1.807, 2.05) is 0 Å². The molecule has 0 N–H and O–H groups in total. The summed E-state index contributed by atoms with van der Waals surface area (Å²) >= 11 is 14.2. The topological polar surface area (TPSA) is 0 Å². The predicted octanol–water partition coefficient (Wildman–Crippen LogP) is 9.65. The average Bonchev–Trinajstić information content (AvgIpc) is 3.23. The fourth-order valence-corrected chi connectivity index (χ4v) is 10.9. The van der Waals surface area contributed by atoms with E-state index in [0.717, 1.165) is 12.8 Å².